The zero-order chi connectivity index (χ0) is 16.0. The third kappa shape index (κ3) is 2.60. The number of hydrogen-bond acceptors (Lipinski definition) is 5. The molecule has 2 heterocycles. The zero-order valence-electron chi connectivity index (χ0n) is 13.7. The quantitative estimate of drug-likeness (QED) is 0.811. The fourth-order valence-corrected chi connectivity index (χ4v) is 4.30. The Balaban J connectivity index is 1.41. The Morgan fingerprint density at radius 1 is 1.35 bits per heavy atom. The largest absolute Gasteiger partial charge is 0.462 e. The van der Waals surface area contributed by atoms with E-state index in [2.05, 4.69) is 15.1 Å². The van der Waals surface area contributed by atoms with Gasteiger partial charge in [0.25, 0.3) is 5.78 Å². The van der Waals surface area contributed by atoms with Crippen LogP contribution in [-0.4, -0.2) is 31.7 Å². The molecule has 0 aromatic carbocycles. The van der Waals surface area contributed by atoms with Crippen molar-refractivity contribution in [1.82, 2.24) is 19.6 Å². The summed E-state index contributed by atoms with van der Waals surface area (Å²) in [6.45, 7) is 3.95. The SMILES string of the molecule is Cc1nc2ncnn2c(C)c1CCC(=O)OC1CC2CCC1C2. The second kappa shape index (κ2) is 5.58. The van der Waals surface area contributed by atoms with Gasteiger partial charge in [0, 0.05) is 17.8 Å². The van der Waals surface area contributed by atoms with Gasteiger partial charge in [-0.15, -0.1) is 0 Å². The van der Waals surface area contributed by atoms with Crippen LogP contribution in [-0.2, 0) is 16.0 Å². The van der Waals surface area contributed by atoms with E-state index in [1.165, 1.54) is 25.6 Å². The molecule has 2 aliphatic rings. The lowest BCUT2D eigenvalue weighted by molar-refractivity contribution is -0.151. The van der Waals surface area contributed by atoms with Crippen molar-refractivity contribution in [3.63, 3.8) is 0 Å². The van der Waals surface area contributed by atoms with E-state index in [1.807, 2.05) is 13.8 Å². The van der Waals surface area contributed by atoms with E-state index in [1.54, 1.807) is 4.52 Å². The Morgan fingerprint density at radius 3 is 2.96 bits per heavy atom. The van der Waals surface area contributed by atoms with Crippen LogP contribution in [0.2, 0.25) is 0 Å². The molecule has 23 heavy (non-hydrogen) atoms. The topological polar surface area (TPSA) is 69.4 Å². The van der Waals surface area contributed by atoms with Crippen molar-refractivity contribution in [3.8, 4) is 0 Å². The minimum atomic E-state index is -0.0833. The normalized spacial score (nSPS) is 26.1. The van der Waals surface area contributed by atoms with Gasteiger partial charge in [-0.05, 0) is 63.4 Å². The summed E-state index contributed by atoms with van der Waals surface area (Å²) in [5, 5.41) is 4.18. The van der Waals surface area contributed by atoms with Crippen molar-refractivity contribution in [2.75, 3.05) is 0 Å². The summed E-state index contributed by atoms with van der Waals surface area (Å²) in [5.74, 6) is 1.93. The van der Waals surface area contributed by atoms with E-state index in [0.717, 1.165) is 29.3 Å². The van der Waals surface area contributed by atoms with Crippen LogP contribution in [0.15, 0.2) is 6.33 Å². The van der Waals surface area contributed by atoms with Gasteiger partial charge in [-0.25, -0.2) is 9.50 Å². The van der Waals surface area contributed by atoms with E-state index < -0.39 is 0 Å². The van der Waals surface area contributed by atoms with Crippen molar-refractivity contribution in [3.05, 3.63) is 23.3 Å². The zero-order valence-corrected chi connectivity index (χ0v) is 13.7. The first-order valence-corrected chi connectivity index (χ1v) is 8.47. The van der Waals surface area contributed by atoms with Crippen molar-refractivity contribution < 1.29 is 9.53 Å². The van der Waals surface area contributed by atoms with Gasteiger partial charge in [-0.2, -0.15) is 10.1 Å². The molecule has 122 valence electrons. The second-order valence-electron chi connectivity index (χ2n) is 6.94. The molecule has 0 radical (unpaired) electrons. The molecule has 0 spiro atoms. The van der Waals surface area contributed by atoms with Gasteiger partial charge in [-0.3, -0.25) is 4.79 Å². The molecule has 4 rings (SSSR count). The minimum absolute atomic E-state index is 0.0833. The van der Waals surface area contributed by atoms with Crippen LogP contribution in [0.1, 0.15) is 49.1 Å². The van der Waals surface area contributed by atoms with Crippen molar-refractivity contribution in [2.45, 2.75) is 58.5 Å². The highest BCUT2D eigenvalue weighted by Gasteiger charge is 2.41. The second-order valence-corrected chi connectivity index (χ2v) is 6.94. The van der Waals surface area contributed by atoms with Crippen LogP contribution in [0.3, 0.4) is 0 Å². The summed E-state index contributed by atoms with van der Waals surface area (Å²) < 4.78 is 7.45. The van der Waals surface area contributed by atoms with Gasteiger partial charge in [0.1, 0.15) is 12.4 Å². The highest BCUT2D eigenvalue weighted by Crippen LogP contribution is 2.45. The molecule has 3 atom stereocenters. The molecule has 0 amide bonds. The number of aromatic nitrogens is 4. The number of rotatable bonds is 4. The molecule has 0 saturated heterocycles. The average molecular weight is 314 g/mol. The first-order valence-electron chi connectivity index (χ1n) is 8.47. The van der Waals surface area contributed by atoms with Crippen LogP contribution in [0.5, 0.6) is 0 Å². The summed E-state index contributed by atoms with van der Waals surface area (Å²) in [7, 11) is 0. The van der Waals surface area contributed by atoms with Crippen LogP contribution in [0, 0.1) is 25.7 Å². The lowest BCUT2D eigenvalue weighted by Crippen LogP contribution is -2.24. The standard InChI is InChI=1S/C17H22N4O2/c1-10-14(11(2)21-17(20-10)18-9-19-21)5-6-16(22)23-15-8-12-3-4-13(15)7-12/h9,12-13,15H,3-8H2,1-2H3. The Labute approximate surface area is 135 Å². The Hall–Kier alpha value is -1.98. The van der Waals surface area contributed by atoms with Gasteiger partial charge in [0.05, 0.1) is 0 Å². The number of esters is 1. The number of hydrogen-bond donors (Lipinski definition) is 0. The minimum Gasteiger partial charge on any atom is -0.462 e. The summed E-state index contributed by atoms with van der Waals surface area (Å²) in [6.07, 6.45) is 7.58. The first-order chi connectivity index (χ1) is 11.1. The van der Waals surface area contributed by atoms with Crippen molar-refractivity contribution in [1.29, 1.82) is 0 Å². The number of fused-ring (bicyclic) bond motifs is 3. The van der Waals surface area contributed by atoms with Gasteiger partial charge in [-0.1, -0.05) is 0 Å². The molecular formula is C17H22N4O2. The first kappa shape index (κ1) is 14.6. The highest BCUT2D eigenvalue weighted by molar-refractivity contribution is 5.70. The van der Waals surface area contributed by atoms with Gasteiger partial charge in [0.15, 0.2) is 0 Å². The molecular weight excluding hydrogens is 292 g/mol. The molecule has 2 aromatic rings. The maximum atomic E-state index is 12.2. The van der Waals surface area contributed by atoms with Crippen molar-refractivity contribution >= 4 is 11.7 Å². The third-order valence-electron chi connectivity index (χ3n) is 5.52. The van der Waals surface area contributed by atoms with Gasteiger partial charge < -0.3 is 4.74 Å². The molecule has 0 aliphatic heterocycles. The fourth-order valence-electron chi connectivity index (χ4n) is 4.30. The van der Waals surface area contributed by atoms with Gasteiger partial charge >= 0.3 is 5.97 Å². The van der Waals surface area contributed by atoms with E-state index in [-0.39, 0.29) is 12.1 Å². The van der Waals surface area contributed by atoms with Crippen molar-refractivity contribution in [2.24, 2.45) is 11.8 Å². The van der Waals surface area contributed by atoms with E-state index in [4.69, 9.17) is 4.74 Å². The monoisotopic (exact) mass is 314 g/mol. The predicted octanol–water partition coefficient (Wildman–Crippen LogP) is 2.41. The number of aryl methyl sites for hydroxylation is 2. The lowest BCUT2D eigenvalue weighted by Gasteiger charge is -2.22. The average Bonchev–Trinajstić information content (AvgIpc) is 3.22. The molecule has 2 aliphatic carbocycles. The maximum Gasteiger partial charge on any atom is 0.306 e. The molecule has 2 aromatic heterocycles. The smallest absolute Gasteiger partial charge is 0.306 e. The fraction of sp³-hybridized carbons (Fsp3) is 0.647. The molecule has 6 heteroatoms. The Morgan fingerprint density at radius 2 is 2.22 bits per heavy atom. The van der Waals surface area contributed by atoms with Crippen LogP contribution in [0.25, 0.3) is 5.78 Å². The van der Waals surface area contributed by atoms with E-state index in [0.29, 0.717) is 24.5 Å². The summed E-state index contributed by atoms with van der Waals surface area (Å²) >= 11 is 0. The third-order valence-corrected chi connectivity index (χ3v) is 5.52. The maximum absolute atomic E-state index is 12.2. The highest BCUT2D eigenvalue weighted by atomic mass is 16.5. The number of carbonyl (C=O) groups is 1. The number of ether oxygens (including phenoxy) is 1. The van der Waals surface area contributed by atoms with E-state index >= 15 is 0 Å². The summed E-state index contributed by atoms with van der Waals surface area (Å²) in [5.41, 5.74) is 2.97. The molecule has 6 nitrogen and oxygen atoms in total. The summed E-state index contributed by atoms with van der Waals surface area (Å²) in [4.78, 5) is 20.8. The molecule has 2 fully saturated rings. The molecule has 0 N–H and O–H groups in total. The van der Waals surface area contributed by atoms with E-state index in [9.17, 15) is 4.79 Å². The van der Waals surface area contributed by atoms with Crippen LogP contribution < -0.4 is 0 Å². The Bertz CT molecular complexity index is 754. The van der Waals surface area contributed by atoms with Gasteiger partial charge in [0.2, 0.25) is 0 Å². The molecule has 3 unspecified atom stereocenters. The number of carbonyl (C=O) groups excluding carboxylic acids is 1. The molecule has 2 bridgehead atoms. The van der Waals surface area contributed by atoms with Crippen LogP contribution in [0.4, 0.5) is 0 Å². The summed E-state index contributed by atoms with van der Waals surface area (Å²) in [6, 6.07) is 0. The predicted molar refractivity (Wildman–Crippen MR) is 83.9 cm³/mol. The Kier molecular flexibility index (Phi) is 3.54. The van der Waals surface area contributed by atoms with Crippen LogP contribution >= 0.6 is 0 Å². The molecule has 2 saturated carbocycles. The number of nitrogens with zero attached hydrogens (tertiary/aromatic N) is 4. The lowest BCUT2D eigenvalue weighted by atomic mass is 9.98.